The SMILES string of the molecule is O=C(/C=C/c1ccccc1)N1CCC(Oc2cccnc2)CC1. The molecule has 0 atom stereocenters. The molecule has 1 aliphatic heterocycles. The zero-order valence-electron chi connectivity index (χ0n) is 13.0. The third-order valence-corrected chi connectivity index (χ3v) is 3.91. The standard InChI is InChI=1S/C19H20N2O2/c22-19(9-8-16-5-2-1-3-6-16)21-13-10-17(11-14-21)23-18-7-4-12-20-15-18/h1-9,12,15,17H,10-11,13-14H2/b9-8+. The first-order valence-corrected chi connectivity index (χ1v) is 7.90. The van der Waals surface area contributed by atoms with Crippen molar-refractivity contribution in [1.82, 2.24) is 9.88 Å². The van der Waals surface area contributed by atoms with Gasteiger partial charge in [0.15, 0.2) is 0 Å². The van der Waals surface area contributed by atoms with Gasteiger partial charge >= 0.3 is 0 Å². The molecule has 0 N–H and O–H groups in total. The van der Waals surface area contributed by atoms with Crippen molar-refractivity contribution in [2.24, 2.45) is 0 Å². The summed E-state index contributed by atoms with van der Waals surface area (Å²) in [4.78, 5) is 18.2. The van der Waals surface area contributed by atoms with Gasteiger partial charge in [-0.15, -0.1) is 0 Å². The first-order chi connectivity index (χ1) is 11.3. The van der Waals surface area contributed by atoms with E-state index >= 15 is 0 Å². The van der Waals surface area contributed by atoms with Crippen LogP contribution in [0.3, 0.4) is 0 Å². The Kier molecular flexibility index (Phi) is 5.04. The van der Waals surface area contributed by atoms with Crippen LogP contribution >= 0.6 is 0 Å². The maximum absolute atomic E-state index is 12.2. The number of aromatic nitrogens is 1. The summed E-state index contributed by atoms with van der Waals surface area (Å²) in [6, 6.07) is 13.6. The van der Waals surface area contributed by atoms with Crippen LogP contribution in [0.5, 0.6) is 5.75 Å². The molecular formula is C19H20N2O2. The molecule has 23 heavy (non-hydrogen) atoms. The van der Waals surface area contributed by atoms with Crippen LogP contribution in [0.4, 0.5) is 0 Å². The molecule has 2 aromatic rings. The van der Waals surface area contributed by atoms with Crippen molar-refractivity contribution in [3.63, 3.8) is 0 Å². The number of likely N-dealkylation sites (tertiary alicyclic amines) is 1. The van der Waals surface area contributed by atoms with Crippen LogP contribution in [0.1, 0.15) is 18.4 Å². The number of amides is 1. The summed E-state index contributed by atoms with van der Waals surface area (Å²) in [5.74, 6) is 0.856. The third-order valence-electron chi connectivity index (χ3n) is 3.91. The fourth-order valence-corrected chi connectivity index (χ4v) is 2.64. The molecule has 118 valence electrons. The monoisotopic (exact) mass is 308 g/mol. The van der Waals surface area contributed by atoms with Gasteiger partial charge in [-0.2, -0.15) is 0 Å². The minimum atomic E-state index is 0.0636. The van der Waals surface area contributed by atoms with E-state index in [-0.39, 0.29) is 12.0 Å². The van der Waals surface area contributed by atoms with Gasteiger partial charge in [-0.1, -0.05) is 30.3 Å². The molecule has 1 aromatic heterocycles. The quantitative estimate of drug-likeness (QED) is 0.815. The van der Waals surface area contributed by atoms with Crippen LogP contribution in [0, 0.1) is 0 Å². The Labute approximate surface area is 136 Å². The molecule has 0 spiro atoms. The highest BCUT2D eigenvalue weighted by Crippen LogP contribution is 2.18. The molecule has 1 saturated heterocycles. The molecule has 3 rings (SSSR count). The van der Waals surface area contributed by atoms with E-state index in [9.17, 15) is 4.79 Å². The van der Waals surface area contributed by atoms with Gasteiger partial charge in [0.25, 0.3) is 0 Å². The lowest BCUT2D eigenvalue weighted by Crippen LogP contribution is -2.41. The van der Waals surface area contributed by atoms with Crippen molar-refractivity contribution in [2.75, 3.05) is 13.1 Å². The van der Waals surface area contributed by atoms with E-state index in [0.29, 0.717) is 0 Å². The second-order valence-corrected chi connectivity index (χ2v) is 5.58. The average molecular weight is 308 g/mol. The summed E-state index contributed by atoms with van der Waals surface area (Å²) in [5, 5.41) is 0. The minimum Gasteiger partial charge on any atom is -0.489 e. The zero-order chi connectivity index (χ0) is 15.9. The molecule has 0 saturated carbocycles. The van der Waals surface area contributed by atoms with Gasteiger partial charge in [0, 0.05) is 38.2 Å². The molecular weight excluding hydrogens is 288 g/mol. The van der Waals surface area contributed by atoms with Crippen molar-refractivity contribution in [2.45, 2.75) is 18.9 Å². The van der Waals surface area contributed by atoms with Gasteiger partial charge in [0.05, 0.1) is 6.20 Å². The van der Waals surface area contributed by atoms with Crippen molar-refractivity contribution in [1.29, 1.82) is 0 Å². The van der Waals surface area contributed by atoms with Gasteiger partial charge in [-0.25, -0.2) is 0 Å². The van der Waals surface area contributed by atoms with Crippen molar-refractivity contribution in [3.8, 4) is 5.75 Å². The van der Waals surface area contributed by atoms with E-state index in [4.69, 9.17) is 4.74 Å². The maximum Gasteiger partial charge on any atom is 0.246 e. The summed E-state index contributed by atoms with van der Waals surface area (Å²) in [5.41, 5.74) is 1.04. The molecule has 1 aromatic carbocycles. The van der Waals surface area contributed by atoms with Crippen LogP contribution in [-0.4, -0.2) is 35.0 Å². The van der Waals surface area contributed by atoms with Gasteiger partial charge in [-0.3, -0.25) is 9.78 Å². The Morgan fingerprint density at radius 3 is 2.61 bits per heavy atom. The number of piperidine rings is 1. The fraction of sp³-hybridized carbons (Fsp3) is 0.263. The highest BCUT2D eigenvalue weighted by atomic mass is 16.5. The number of benzene rings is 1. The highest BCUT2D eigenvalue weighted by Gasteiger charge is 2.22. The number of hydrogen-bond donors (Lipinski definition) is 0. The number of carbonyl (C=O) groups excluding carboxylic acids is 1. The zero-order valence-corrected chi connectivity index (χ0v) is 13.0. The second-order valence-electron chi connectivity index (χ2n) is 5.58. The Balaban J connectivity index is 1.48. The summed E-state index contributed by atoms with van der Waals surface area (Å²) in [7, 11) is 0. The van der Waals surface area contributed by atoms with E-state index in [0.717, 1.165) is 37.2 Å². The molecule has 0 bridgehead atoms. The van der Waals surface area contributed by atoms with Crippen LogP contribution in [0.2, 0.25) is 0 Å². The van der Waals surface area contributed by atoms with E-state index in [2.05, 4.69) is 4.98 Å². The fourth-order valence-electron chi connectivity index (χ4n) is 2.64. The lowest BCUT2D eigenvalue weighted by Gasteiger charge is -2.31. The van der Waals surface area contributed by atoms with Crippen molar-refractivity contribution >= 4 is 12.0 Å². The predicted octanol–water partition coefficient (Wildman–Crippen LogP) is 3.16. The first kappa shape index (κ1) is 15.3. The second kappa shape index (κ2) is 7.58. The number of hydrogen-bond acceptors (Lipinski definition) is 3. The van der Waals surface area contributed by atoms with Crippen molar-refractivity contribution in [3.05, 3.63) is 66.5 Å². The Bertz CT molecular complexity index is 648. The topological polar surface area (TPSA) is 42.4 Å². The smallest absolute Gasteiger partial charge is 0.246 e. The third kappa shape index (κ3) is 4.42. The summed E-state index contributed by atoms with van der Waals surface area (Å²) < 4.78 is 5.89. The number of nitrogens with zero attached hydrogens (tertiary/aromatic N) is 2. The van der Waals surface area contributed by atoms with Crippen LogP contribution in [0.15, 0.2) is 60.9 Å². The van der Waals surface area contributed by atoms with Gasteiger partial charge in [0.1, 0.15) is 11.9 Å². The molecule has 4 nitrogen and oxygen atoms in total. The highest BCUT2D eigenvalue weighted by molar-refractivity contribution is 5.91. The normalized spacial score (nSPS) is 15.7. The van der Waals surface area contributed by atoms with E-state index in [1.807, 2.05) is 53.4 Å². The van der Waals surface area contributed by atoms with E-state index in [1.165, 1.54) is 0 Å². The number of ether oxygens (including phenoxy) is 1. The molecule has 4 heteroatoms. The van der Waals surface area contributed by atoms with E-state index < -0.39 is 0 Å². The summed E-state index contributed by atoms with van der Waals surface area (Å²) in [6.07, 6.45) is 8.81. The minimum absolute atomic E-state index is 0.0636. The van der Waals surface area contributed by atoms with Crippen LogP contribution in [0.25, 0.3) is 6.08 Å². The molecule has 0 unspecified atom stereocenters. The molecule has 1 fully saturated rings. The maximum atomic E-state index is 12.2. The predicted molar refractivity (Wildman–Crippen MR) is 89.9 cm³/mol. The molecule has 1 aliphatic rings. The Hall–Kier alpha value is -2.62. The van der Waals surface area contributed by atoms with Gasteiger partial charge < -0.3 is 9.64 Å². The Morgan fingerprint density at radius 2 is 1.91 bits per heavy atom. The van der Waals surface area contributed by atoms with Gasteiger partial charge in [0.2, 0.25) is 5.91 Å². The summed E-state index contributed by atoms with van der Waals surface area (Å²) >= 11 is 0. The molecule has 2 heterocycles. The van der Waals surface area contributed by atoms with Crippen molar-refractivity contribution < 1.29 is 9.53 Å². The number of carbonyl (C=O) groups is 1. The molecule has 0 radical (unpaired) electrons. The van der Waals surface area contributed by atoms with Crippen LogP contribution in [-0.2, 0) is 4.79 Å². The summed E-state index contributed by atoms with van der Waals surface area (Å²) in [6.45, 7) is 1.45. The Morgan fingerprint density at radius 1 is 1.13 bits per heavy atom. The lowest BCUT2D eigenvalue weighted by molar-refractivity contribution is -0.127. The lowest BCUT2D eigenvalue weighted by atomic mass is 10.1. The number of rotatable bonds is 4. The first-order valence-electron chi connectivity index (χ1n) is 7.90. The largest absolute Gasteiger partial charge is 0.489 e. The number of pyridine rings is 1. The van der Waals surface area contributed by atoms with Gasteiger partial charge in [-0.05, 0) is 23.8 Å². The average Bonchev–Trinajstić information content (AvgIpc) is 2.62. The molecule has 0 aliphatic carbocycles. The molecule has 1 amide bonds. The van der Waals surface area contributed by atoms with E-state index in [1.54, 1.807) is 18.5 Å². The van der Waals surface area contributed by atoms with Crippen LogP contribution < -0.4 is 4.74 Å².